The Kier molecular flexibility index (Phi) is 6.07. The fourth-order valence-electron chi connectivity index (χ4n) is 3.85. The van der Waals surface area contributed by atoms with Crippen LogP contribution in [0.15, 0.2) is 34.2 Å². The number of nitrogens with one attached hydrogen (secondary N) is 1. The van der Waals surface area contributed by atoms with Crippen LogP contribution in [0.3, 0.4) is 0 Å². The molecule has 1 saturated carbocycles. The molecule has 0 radical (unpaired) electrons. The smallest absolute Gasteiger partial charge is 0.318 e. The summed E-state index contributed by atoms with van der Waals surface area (Å²) in [5.41, 5.74) is 5.57. The maximum absolute atomic E-state index is 13.4. The molecule has 150 valence electrons. The van der Waals surface area contributed by atoms with Crippen molar-refractivity contribution < 1.29 is 9.59 Å². The fraction of sp³-hybridized carbons (Fsp3) is 0.500. The van der Waals surface area contributed by atoms with E-state index >= 15 is 0 Å². The number of aromatic nitrogens is 2. The molecule has 1 aromatic carbocycles. The lowest BCUT2D eigenvalue weighted by molar-refractivity contribution is -0.119. The first kappa shape index (κ1) is 20.4. The molecule has 1 fully saturated rings. The van der Waals surface area contributed by atoms with Gasteiger partial charge in [0.25, 0.3) is 5.56 Å². The largest absolute Gasteiger partial charge is 0.351 e. The summed E-state index contributed by atoms with van der Waals surface area (Å²) in [4.78, 5) is 41.2. The maximum atomic E-state index is 13.4. The molecule has 4 atom stereocenters. The Morgan fingerprint density at radius 2 is 2.00 bits per heavy atom. The summed E-state index contributed by atoms with van der Waals surface area (Å²) >= 11 is 1.18. The van der Waals surface area contributed by atoms with Gasteiger partial charge in [-0.15, -0.1) is 0 Å². The van der Waals surface area contributed by atoms with E-state index in [1.807, 2.05) is 12.1 Å². The minimum atomic E-state index is -0.893. The molecule has 7 nitrogen and oxygen atoms in total. The van der Waals surface area contributed by atoms with E-state index in [1.165, 1.54) is 11.8 Å². The van der Waals surface area contributed by atoms with Crippen molar-refractivity contribution in [2.45, 2.75) is 56.5 Å². The summed E-state index contributed by atoms with van der Waals surface area (Å²) in [5, 5.41) is 2.55. The molecule has 1 aliphatic rings. The van der Waals surface area contributed by atoms with Crippen LogP contribution < -0.4 is 16.6 Å². The van der Waals surface area contributed by atoms with Crippen LogP contribution in [-0.4, -0.2) is 26.7 Å². The number of hydrogen-bond acceptors (Lipinski definition) is 5. The minimum absolute atomic E-state index is 0.0299. The van der Waals surface area contributed by atoms with Crippen LogP contribution in [0.1, 0.15) is 46.1 Å². The Morgan fingerprint density at radius 3 is 2.71 bits per heavy atom. The number of primary amides is 1. The Bertz CT molecular complexity index is 958. The molecule has 1 aromatic heterocycles. The highest BCUT2D eigenvalue weighted by atomic mass is 32.2. The van der Waals surface area contributed by atoms with Crippen molar-refractivity contribution in [2.24, 2.45) is 17.6 Å². The normalized spacial score (nSPS) is 23.3. The third-order valence-electron chi connectivity index (χ3n) is 5.67. The molecule has 0 unspecified atom stereocenters. The van der Waals surface area contributed by atoms with Crippen molar-refractivity contribution in [3.63, 3.8) is 0 Å². The summed E-state index contributed by atoms with van der Waals surface area (Å²) < 4.78 is 1.77. The zero-order valence-corrected chi connectivity index (χ0v) is 17.2. The van der Waals surface area contributed by atoms with Gasteiger partial charge in [0, 0.05) is 6.04 Å². The number of nitrogens with zero attached hydrogens (tertiary/aromatic N) is 2. The number of amides is 3. The molecule has 8 heteroatoms. The van der Waals surface area contributed by atoms with Crippen molar-refractivity contribution in [2.75, 3.05) is 0 Å². The first-order valence-electron chi connectivity index (χ1n) is 9.57. The predicted molar refractivity (Wildman–Crippen MR) is 110 cm³/mol. The third-order valence-corrected chi connectivity index (χ3v) is 6.74. The number of benzene rings is 1. The highest BCUT2D eigenvalue weighted by Crippen LogP contribution is 2.39. The lowest BCUT2D eigenvalue weighted by Gasteiger charge is -2.36. The van der Waals surface area contributed by atoms with Gasteiger partial charge < -0.3 is 5.73 Å². The molecular formula is C20H26N4O3S. The van der Waals surface area contributed by atoms with Crippen LogP contribution in [0.2, 0.25) is 0 Å². The summed E-state index contributed by atoms with van der Waals surface area (Å²) in [6.45, 7) is 6.06. The minimum Gasteiger partial charge on any atom is -0.351 e. The summed E-state index contributed by atoms with van der Waals surface area (Å²) in [7, 11) is 0. The van der Waals surface area contributed by atoms with Gasteiger partial charge >= 0.3 is 6.03 Å². The quantitative estimate of drug-likeness (QED) is 0.604. The van der Waals surface area contributed by atoms with Gasteiger partial charge in [0.1, 0.15) is 0 Å². The van der Waals surface area contributed by atoms with Crippen LogP contribution in [0, 0.1) is 11.8 Å². The topological polar surface area (TPSA) is 107 Å². The van der Waals surface area contributed by atoms with Crippen molar-refractivity contribution in [3.05, 3.63) is 34.6 Å². The number of thioether (sulfide) groups is 1. The average molecular weight is 403 g/mol. The van der Waals surface area contributed by atoms with Gasteiger partial charge in [-0.25, -0.2) is 9.78 Å². The highest BCUT2D eigenvalue weighted by Gasteiger charge is 2.32. The molecule has 1 aliphatic carbocycles. The van der Waals surface area contributed by atoms with E-state index in [0.717, 1.165) is 19.3 Å². The average Bonchev–Trinajstić information content (AvgIpc) is 2.64. The van der Waals surface area contributed by atoms with E-state index in [0.29, 0.717) is 27.9 Å². The van der Waals surface area contributed by atoms with Crippen LogP contribution in [0.5, 0.6) is 0 Å². The van der Waals surface area contributed by atoms with E-state index in [-0.39, 0.29) is 11.6 Å². The Labute approximate surface area is 168 Å². The molecular weight excluding hydrogens is 376 g/mol. The van der Waals surface area contributed by atoms with E-state index in [2.05, 4.69) is 19.2 Å². The van der Waals surface area contributed by atoms with Crippen LogP contribution >= 0.6 is 11.8 Å². The number of hydrogen-bond donors (Lipinski definition) is 2. The molecule has 0 bridgehead atoms. The number of fused-ring (bicyclic) bond motifs is 1. The third kappa shape index (κ3) is 4.06. The van der Waals surface area contributed by atoms with Gasteiger partial charge in [0.2, 0.25) is 5.91 Å². The lowest BCUT2D eigenvalue weighted by Crippen LogP contribution is -2.40. The number of carbonyl (C=O) groups is 2. The predicted octanol–water partition coefficient (Wildman–Crippen LogP) is 3.07. The van der Waals surface area contributed by atoms with E-state index in [9.17, 15) is 14.4 Å². The zero-order chi connectivity index (χ0) is 20.4. The van der Waals surface area contributed by atoms with Crippen molar-refractivity contribution in [1.29, 1.82) is 0 Å². The van der Waals surface area contributed by atoms with Crippen molar-refractivity contribution >= 4 is 34.6 Å². The second-order valence-electron chi connectivity index (χ2n) is 7.53. The molecule has 0 spiro atoms. The molecule has 3 amide bonds. The first-order chi connectivity index (χ1) is 13.3. The van der Waals surface area contributed by atoms with E-state index in [1.54, 1.807) is 23.6 Å². The van der Waals surface area contributed by atoms with Gasteiger partial charge in [-0.2, -0.15) is 0 Å². The van der Waals surface area contributed by atoms with E-state index in [4.69, 9.17) is 10.7 Å². The second-order valence-corrected chi connectivity index (χ2v) is 8.84. The summed E-state index contributed by atoms with van der Waals surface area (Å²) in [6, 6.07) is 6.39. The van der Waals surface area contributed by atoms with Crippen LogP contribution in [-0.2, 0) is 4.79 Å². The summed E-state index contributed by atoms with van der Waals surface area (Å²) in [5.74, 6) is 0.325. The Hall–Kier alpha value is -2.35. The number of rotatable bonds is 4. The van der Waals surface area contributed by atoms with E-state index < -0.39 is 17.2 Å². The van der Waals surface area contributed by atoms with Crippen LogP contribution in [0.4, 0.5) is 4.79 Å². The second kappa shape index (κ2) is 8.34. The number of urea groups is 1. The molecule has 0 aliphatic heterocycles. The SMILES string of the molecule is C[C@@H]1[C@H](n2c(S[C@@H](C)C(=O)NC(N)=O)nc3ccccc3c2=O)CCC[C@@H]1C. The number of nitrogens with two attached hydrogens (primary N) is 1. The fourth-order valence-corrected chi connectivity index (χ4v) is 4.82. The molecule has 3 N–H and O–H groups in total. The van der Waals surface area contributed by atoms with Gasteiger partial charge in [0.05, 0.1) is 16.2 Å². The number of carbonyl (C=O) groups excluding carboxylic acids is 2. The molecule has 2 aromatic rings. The number of imide groups is 1. The first-order valence-corrected chi connectivity index (χ1v) is 10.5. The highest BCUT2D eigenvalue weighted by molar-refractivity contribution is 8.00. The molecule has 1 heterocycles. The van der Waals surface area contributed by atoms with Crippen LogP contribution in [0.25, 0.3) is 10.9 Å². The Balaban J connectivity index is 2.08. The Morgan fingerprint density at radius 1 is 1.29 bits per heavy atom. The zero-order valence-electron chi connectivity index (χ0n) is 16.3. The summed E-state index contributed by atoms with van der Waals surface area (Å²) in [6.07, 6.45) is 3.10. The van der Waals surface area contributed by atoms with Gasteiger partial charge in [-0.05, 0) is 37.3 Å². The monoisotopic (exact) mass is 402 g/mol. The number of para-hydroxylation sites is 1. The lowest BCUT2D eigenvalue weighted by atomic mass is 9.78. The van der Waals surface area contributed by atoms with Crippen molar-refractivity contribution in [1.82, 2.24) is 14.9 Å². The molecule has 0 saturated heterocycles. The standard InChI is InChI=1S/C20H26N4O3S/c1-11-7-6-10-16(12(11)2)24-18(26)14-8-4-5-9-15(14)22-20(24)28-13(3)17(25)23-19(21)27/h4-5,8-9,11-13,16H,6-7,10H2,1-3H3,(H3,21,23,25,27)/t11-,12-,13-,16+/m0/s1. The maximum Gasteiger partial charge on any atom is 0.318 e. The van der Waals surface area contributed by atoms with Gasteiger partial charge in [-0.3, -0.25) is 19.5 Å². The van der Waals surface area contributed by atoms with Crippen molar-refractivity contribution in [3.8, 4) is 0 Å². The molecule has 28 heavy (non-hydrogen) atoms. The molecule has 3 rings (SSSR count). The van der Waals surface area contributed by atoms with Gasteiger partial charge in [-0.1, -0.05) is 50.6 Å². The van der Waals surface area contributed by atoms with Gasteiger partial charge in [0.15, 0.2) is 5.16 Å².